The second kappa shape index (κ2) is 11.7. The van der Waals surface area contributed by atoms with Crippen molar-refractivity contribution in [3.05, 3.63) is 95.7 Å². The molecule has 4 aromatic rings. The first-order valence-electron chi connectivity index (χ1n) is 12.2. The fourth-order valence-electron chi connectivity index (χ4n) is 4.15. The summed E-state index contributed by atoms with van der Waals surface area (Å²) < 4.78 is 34.0. The lowest BCUT2D eigenvalue weighted by molar-refractivity contribution is 0.303. The monoisotopic (exact) mass is 459 g/mol. The van der Waals surface area contributed by atoms with Crippen molar-refractivity contribution < 1.29 is 13.5 Å². The summed E-state index contributed by atoms with van der Waals surface area (Å²) in [5.41, 5.74) is 3.43. The summed E-state index contributed by atoms with van der Waals surface area (Å²) >= 11 is 0. The van der Waals surface area contributed by atoms with Gasteiger partial charge in [0.1, 0.15) is 17.4 Å². The molecule has 2 nitrogen and oxygen atoms in total. The van der Waals surface area contributed by atoms with Gasteiger partial charge in [0.05, 0.1) is 18.5 Å². The maximum Gasteiger partial charge on any atom is 0.137 e. The highest BCUT2D eigenvalue weighted by Gasteiger charge is 2.10. The lowest BCUT2D eigenvalue weighted by atomic mass is 9.98. The first kappa shape index (κ1) is 23.9. The van der Waals surface area contributed by atoms with E-state index in [0.717, 1.165) is 34.4 Å². The summed E-state index contributed by atoms with van der Waals surface area (Å²) in [6.45, 7) is 2.93. The van der Waals surface area contributed by atoms with E-state index in [-0.39, 0.29) is 11.6 Å². The maximum absolute atomic E-state index is 15.1. The molecule has 0 fully saturated rings. The Morgan fingerprint density at radius 3 is 2.38 bits per heavy atom. The molecule has 3 aromatic carbocycles. The van der Waals surface area contributed by atoms with Gasteiger partial charge in [-0.05, 0) is 66.1 Å². The van der Waals surface area contributed by atoms with Crippen molar-refractivity contribution in [3.63, 3.8) is 0 Å². The number of hydrogen-bond acceptors (Lipinski definition) is 2. The van der Waals surface area contributed by atoms with Crippen LogP contribution in [0.1, 0.15) is 50.2 Å². The number of ether oxygens (including phenoxy) is 1. The van der Waals surface area contributed by atoms with Crippen LogP contribution in [-0.2, 0) is 12.8 Å². The van der Waals surface area contributed by atoms with Gasteiger partial charge < -0.3 is 4.74 Å². The van der Waals surface area contributed by atoms with Crippen LogP contribution in [0.3, 0.4) is 0 Å². The van der Waals surface area contributed by atoms with Gasteiger partial charge in [0, 0.05) is 10.9 Å². The highest BCUT2D eigenvalue weighted by Crippen LogP contribution is 2.28. The Bertz CT molecular complexity index is 1200. The molecule has 176 valence electrons. The zero-order valence-electron chi connectivity index (χ0n) is 19.7. The summed E-state index contributed by atoms with van der Waals surface area (Å²) in [6.07, 6.45) is 9.02. The maximum atomic E-state index is 15.1. The Balaban J connectivity index is 1.40. The normalized spacial score (nSPS) is 11.1. The van der Waals surface area contributed by atoms with E-state index >= 15 is 4.39 Å². The van der Waals surface area contributed by atoms with Crippen LogP contribution in [0, 0.1) is 11.6 Å². The smallest absolute Gasteiger partial charge is 0.137 e. The second-order valence-corrected chi connectivity index (χ2v) is 8.74. The van der Waals surface area contributed by atoms with Gasteiger partial charge in [0.2, 0.25) is 0 Å². The first-order chi connectivity index (χ1) is 16.6. The van der Waals surface area contributed by atoms with E-state index in [2.05, 4.69) is 11.9 Å². The van der Waals surface area contributed by atoms with Crippen molar-refractivity contribution in [2.45, 2.75) is 51.9 Å². The minimum Gasteiger partial charge on any atom is -0.492 e. The van der Waals surface area contributed by atoms with Crippen molar-refractivity contribution in [3.8, 4) is 17.0 Å². The van der Waals surface area contributed by atoms with Gasteiger partial charge in [0.25, 0.3) is 0 Å². The van der Waals surface area contributed by atoms with E-state index < -0.39 is 0 Å². The van der Waals surface area contributed by atoms with Crippen molar-refractivity contribution in [2.24, 2.45) is 0 Å². The van der Waals surface area contributed by atoms with Crippen LogP contribution in [0.15, 0.2) is 72.9 Å². The molecule has 0 aliphatic carbocycles. The topological polar surface area (TPSA) is 22.1 Å². The number of benzene rings is 3. The largest absolute Gasteiger partial charge is 0.492 e. The third-order valence-electron chi connectivity index (χ3n) is 6.18. The van der Waals surface area contributed by atoms with Gasteiger partial charge in [-0.2, -0.15) is 0 Å². The molecule has 1 aromatic heterocycles. The first-order valence-corrected chi connectivity index (χ1v) is 12.2. The molecular weight excluding hydrogens is 428 g/mol. The number of fused-ring (bicyclic) bond motifs is 1. The van der Waals surface area contributed by atoms with E-state index in [1.807, 2.05) is 42.5 Å². The standard InChI is InChI=1S/C30H31F2NO/c1-2-3-4-5-6-19-34-27-16-18-29(33-21-27)25-13-17-28-24(20-25)12-11-23(30(28)32)10-7-22-8-14-26(31)15-9-22/h8-9,11-18,20-21H,2-7,10,19H2,1H3. The highest BCUT2D eigenvalue weighted by molar-refractivity contribution is 5.88. The predicted octanol–water partition coefficient (Wildman–Crippen LogP) is 8.31. The molecule has 0 N–H and O–H groups in total. The predicted molar refractivity (Wildman–Crippen MR) is 135 cm³/mol. The minimum atomic E-state index is -0.258. The molecule has 0 bridgehead atoms. The number of pyridine rings is 1. The molecule has 0 atom stereocenters. The third kappa shape index (κ3) is 6.19. The Morgan fingerprint density at radius 1 is 0.794 bits per heavy atom. The molecule has 0 saturated carbocycles. The molecule has 4 rings (SSSR count). The number of hydrogen-bond donors (Lipinski definition) is 0. The zero-order chi connectivity index (χ0) is 23.8. The number of aryl methyl sites for hydroxylation is 2. The summed E-state index contributed by atoms with van der Waals surface area (Å²) in [4.78, 5) is 4.55. The number of halogens is 2. The Kier molecular flexibility index (Phi) is 8.24. The Morgan fingerprint density at radius 2 is 1.62 bits per heavy atom. The molecule has 4 heteroatoms. The van der Waals surface area contributed by atoms with Gasteiger partial charge in [0.15, 0.2) is 0 Å². The van der Waals surface area contributed by atoms with Crippen LogP contribution in [0.5, 0.6) is 5.75 Å². The van der Waals surface area contributed by atoms with E-state index in [9.17, 15) is 4.39 Å². The van der Waals surface area contributed by atoms with Crippen LogP contribution in [0.25, 0.3) is 22.0 Å². The minimum absolute atomic E-state index is 0.193. The van der Waals surface area contributed by atoms with Gasteiger partial charge in [-0.1, -0.05) is 69.0 Å². The number of rotatable bonds is 11. The van der Waals surface area contributed by atoms with Crippen LogP contribution in [0.2, 0.25) is 0 Å². The van der Waals surface area contributed by atoms with E-state index in [0.29, 0.717) is 30.4 Å². The van der Waals surface area contributed by atoms with Crippen molar-refractivity contribution in [1.82, 2.24) is 4.98 Å². The van der Waals surface area contributed by atoms with Crippen molar-refractivity contribution in [2.75, 3.05) is 6.61 Å². The molecule has 0 amide bonds. The van der Waals surface area contributed by atoms with Crippen molar-refractivity contribution in [1.29, 1.82) is 0 Å². The molecular formula is C30H31F2NO. The highest BCUT2D eigenvalue weighted by atomic mass is 19.1. The molecule has 0 unspecified atom stereocenters. The molecule has 0 saturated heterocycles. The fourth-order valence-corrected chi connectivity index (χ4v) is 4.15. The van der Waals surface area contributed by atoms with Gasteiger partial charge in [-0.25, -0.2) is 8.78 Å². The summed E-state index contributed by atoms with van der Waals surface area (Å²) in [6, 6.07) is 19.8. The van der Waals surface area contributed by atoms with Gasteiger partial charge in [-0.15, -0.1) is 0 Å². The van der Waals surface area contributed by atoms with E-state index in [1.54, 1.807) is 18.3 Å². The van der Waals surface area contributed by atoms with Crippen LogP contribution >= 0.6 is 0 Å². The number of nitrogens with zero attached hydrogens (tertiary/aromatic N) is 1. The number of unbranched alkanes of at least 4 members (excludes halogenated alkanes) is 4. The van der Waals surface area contributed by atoms with E-state index in [4.69, 9.17) is 4.74 Å². The van der Waals surface area contributed by atoms with Gasteiger partial charge >= 0.3 is 0 Å². The molecule has 0 aliphatic rings. The summed E-state index contributed by atoms with van der Waals surface area (Å²) in [5.74, 6) is 0.324. The van der Waals surface area contributed by atoms with Crippen LogP contribution in [0.4, 0.5) is 8.78 Å². The summed E-state index contributed by atoms with van der Waals surface area (Å²) in [7, 11) is 0. The fraction of sp³-hybridized carbons (Fsp3) is 0.300. The lowest BCUT2D eigenvalue weighted by Gasteiger charge is -2.10. The molecule has 34 heavy (non-hydrogen) atoms. The molecule has 0 spiro atoms. The zero-order valence-corrected chi connectivity index (χ0v) is 19.7. The van der Waals surface area contributed by atoms with Gasteiger partial charge in [-0.3, -0.25) is 4.98 Å². The molecule has 0 aliphatic heterocycles. The van der Waals surface area contributed by atoms with Crippen LogP contribution < -0.4 is 4.74 Å². The Labute approximate surface area is 200 Å². The lowest BCUT2D eigenvalue weighted by Crippen LogP contribution is -1.98. The SMILES string of the molecule is CCCCCCCOc1ccc(-c2ccc3c(F)c(CCc4ccc(F)cc4)ccc3c2)nc1. The average molecular weight is 460 g/mol. The third-order valence-corrected chi connectivity index (χ3v) is 6.18. The quantitative estimate of drug-likeness (QED) is 0.210. The van der Waals surface area contributed by atoms with E-state index in [1.165, 1.54) is 37.8 Å². The molecule has 1 heterocycles. The Hall–Kier alpha value is -3.27. The molecule has 0 radical (unpaired) electrons. The summed E-state index contributed by atoms with van der Waals surface area (Å²) in [5, 5.41) is 1.44. The van der Waals surface area contributed by atoms with Crippen LogP contribution in [-0.4, -0.2) is 11.6 Å². The number of aromatic nitrogens is 1. The second-order valence-electron chi connectivity index (χ2n) is 8.74. The van der Waals surface area contributed by atoms with Crippen molar-refractivity contribution >= 4 is 10.8 Å². The average Bonchev–Trinajstić information content (AvgIpc) is 2.87.